The molecule has 5 heteroatoms. The van der Waals surface area contributed by atoms with E-state index in [4.69, 9.17) is 0 Å². The molecule has 2 heterocycles. The Hall–Kier alpha value is -2.14. The maximum absolute atomic E-state index is 11.1. The zero-order chi connectivity index (χ0) is 17.1. The third-order valence-electron chi connectivity index (χ3n) is 4.74. The first-order valence-corrected chi connectivity index (χ1v) is 8.60. The summed E-state index contributed by atoms with van der Waals surface area (Å²) in [5, 5.41) is 7.36. The highest BCUT2D eigenvalue weighted by molar-refractivity contribution is 5.72. The summed E-state index contributed by atoms with van der Waals surface area (Å²) in [6.07, 6.45) is 4.96. The zero-order valence-corrected chi connectivity index (χ0v) is 14.7. The van der Waals surface area contributed by atoms with Crippen LogP contribution < -0.4 is 5.32 Å². The Morgan fingerprint density at radius 3 is 2.92 bits per heavy atom. The van der Waals surface area contributed by atoms with E-state index in [1.807, 2.05) is 23.1 Å². The number of carbonyl (C=O) groups excluding carboxylic acids is 1. The normalized spacial score (nSPS) is 18.0. The van der Waals surface area contributed by atoms with Crippen molar-refractivity contribution in [2.24, 2.45) is 5.92 Å². The molecule has 24 heavy (non-hydrogen) atoms. The van der Waals surface area contributed by atoms with E-state index in [9.17, 15) is 4.79 Å². The number of amides is 1. The minimum atomic E-state index is 0.0591. The summed E-state index contributed by atoms with van der Waals surface area (Å²) in [5.41, 5.74) is 5.07. The van der Waals surface area contributed by atoms with Gasteiger partial charge in [0.2, 0.25) is 5.91 Å². The van der Waals surface area contributed by atoms with Crippen LogP contribution in [-0.2, 0) is 11.3 Å². The maximum Gasteiger partial charge on any atom is 0.216 e. The minimum absolute atomic E-state index is 0.0591. The molecule has 0 unspecified atom stereocenters. The predicted molar refractivity (Wildman–Crippen MR) is 95.1 cm³/mol. The van der Waals surface area contributed by atoms with Crippen molar-refractivity contribution in [3.05, 3.63) is 47.3 Å². The summed E-state index contributed by atoms with van der Waals surface area (Å²) in [7, 11) is 0. The molecule has 1 aromatic heterocycles. The van der Waals surface area contributed by atoms with Gasteiger partial charge in [0, 0.05) is 39.0 Å². The predicted octanol–water partition coefficient (Wildman–Crippen LogP) is 2.45. The standard InChI is InChI=1S/C19H26N4O/c1-14-9-15(2)18(19(10-14)23-7-4-6-21-23)13-22-8-5-17(12-22)11-20-16(3)24/h4,6-7,9-10,17H,5,8,11-13H2,1-3H3,(H,20,24)/t17-/m1/s1. The van der Waals surface area contributed by atoms with Gasteiger partial charge in [-0.1, -0.05) is 6.07 Å². The Kier molecular flexibility index (Phi) is 5.00. The molecule has 0 radical (unpaired) electrons. The first-order valence-electron chi connectivity index (χ1n) is 8.60. The van der Waals surface area contributed by atoms with Crippen LogP contribution in [0, 0.1) is 19.8 Å². The average molecular weight is 326 g/mol. The van der Waals surface area contributed by atoms with Gasteiger partial charge in [0.05, 0.1) is 5.69 Å². The van der Waals surface area contributed by atoms with Crippen LogP contribution in [0.1, 0.15) is 30.0 Å². The SMILES string of the molecule is CC(=O)NC[C@H]1CCN(Cc2c(C)cc(C)cc2-n2cccn2)C1. The third kappa shape index (κ3) is 3.85. The highest BCUT2D eigenvalue weighted by atomic mass is 16.1. The van der Waals surface area contributed by atoms with Gasteiger partial charge < -0.3 is 5.32 Å². The number of rotatable bonds is 5. The van der Waals surface area contributed by atoms with Crippen molar-refractivity contribution in [3.8, 4) is 5.69 Å². The third-order valence-corrected chi connectivity index (χ3v) is 4.74. The summed E-state index contributed by atoms with van der Waals surface area (Å²) in [6.45, 7) is 9.72. The largest absolute Gasteiger partial charge is 0.356 e. The number of carbonyl (C=O) groups is 1. The lowest BCUT2D eigenvalue weighted by Gasteiger charge is -2.21. The summed E-state index contributed by atoms with van der Waals surface area (Å²) in [4.78, 5) is 13.6. The number of likely N-dealkylation sites (tertiary alicyclic amines) is 1. The first-order chi connectivity index (χ1) is 11.5. The summed E-state index contributed by atoms with van der Waals surface area (Å²) < 4.78 is 1.96. The van der Waals surface area contributed by atoms with Crippen LogP contribution in [0.5, 0.6) is 0 Å². The Morgan fingerprint density at radius 1 is 1.38 bits per heavy atom. The smallest absolute Gasteiger partial charge is 0.216 e. The lowest BCUT2D eigenvalue weighted by atomic mass is 10.0. The maximum atomic E-state index is 11.1. The second-order valence-corrected chi connectivity index (χ2v) is 6.86. The summed E-state index contributed by atoms with van der Waals surface area (Å²) >= 11 is 0. The highest BCUT2D eigenvalue weighted by Gasteiger charge is 2.24. The Bertz CT molecular complexity index is 708. The second-order valence-electron chi connectivity index (χ2n) is 6.86. The van der Waals surface area contributed by atoms with Gasteiger partial charge in [0.25, 0.3) is 0 Å². The molecule has 0 saturated carbocycles. The van der Waals surface area contributed by atoms with Crippen LogP contribution in [0.2, 0.25) is 0 Å². The van der Waals surface area contributed by atoms with Crippen LogP contribution >= 0.6 is 0 Å². The molecule has 3 rings (SSSR count). The molecule has 0 aliphatic carbocycles. The van der Waals surface area contributed by atoms with Crippen molar-refractivity contribution < 1.29 is 4.79 Å². The van der Waals surface area contributed by atoms with E-state index in [1.165, 1.54) is 22.4 Å². The molecule has 1 fully saturated rings. The average Bonchev–Trinajstić information content (AvgIpc) is 3.19. The monoisotopic (exact) mass is 326 g/mol. The van der Waals surface area contributed by atoms with E-state index in [2.05, 4.69) is 41.3 Å². The highest BCUT2D eigenvalue weighted by Crippen LogP contribution is 2.25. The van der Waals surface area contributed by atoms with Gasteiger partial charge in [-0.25, -0.2) is 4.68 Å². The molecule has 0 bridgehead atoms. The van der Waals surface area contributed by atoms with Gasteiger partial charge in [-0.3, -0.25) is 9.69 Å². The van der Waals surface area contributed by atoms with Gasteiger partial charge in [-0.05, 0) is 61.6 Å². The quantitative estimate of drug-likeness (QED) is 0.918. The number of aryl methyl sites for hydroxylation is 2. The van der Waals surface area contributed by atoms with E-state index in [0.717, 1.165) is 32.6 Å². The first kappa shape index (κ1) is 16.7. The Balaban J connectivity index is 1.75. The number of benzene rings is 1. The molecule has 1 atom stereocenters. The number of nitrogens with one attached hydrogen (secondary N) is 1. The van der Waals surface area contributed by atoms with Crippen molar-refractivity contribution in [1.82, 2.24) is 20.0 Å². The van der Waals surface area contributed by atoms with Gasteiger partial charge in [-0.15, -0.1) is 0 Å². The summed E-state index contributed by atoms with van der Waals surface area (Å²) in [6, 6.07) is 6.41. The van der Waals surface area contributed by atoms with Crippen LogP contribution in [-0.4, -0.2) is 40.2 Å². The van der Waals surface area contributed by atoms with Crippen molar-refractivity contribution in [3.63, 3.8) is 0 Å². The van der Waals surface area contributed by atoms with Crippen molar-refractivity contribution >= 4 is 5.91 Å². The van der Waals surface area contributed by atoms with E-state index < -0.39 is 0 Å². The molecular weight excluding hydrogens is 300 g/mol. The van der Waals surface area contributed by atoms with Crippen LogP contribution in [0.4, 0.5) is 0 Å². The molecule has 1 aliphatic heterocycles. The fourth-order valence-corrected chi connectivity index (χ4v) is 3.53. The van der Waals surface area contributed by atoms with Crippen molar-refractivity contribution in [2.75, 3.05) is 19.6 Å². The zero-order valence-electron chi connectivity index (χ0n) is 14.7. The fraction of sp³-hybridized carbons (Fsp3) is 0.474. The molecule has 2 aromatic rings. The molecule has 1 amide bonds. The number of hydrogen-bond acceptors (Lipinski definition) is 3. The fourth-order valence-electron chi connectivity index (χ4n) is 3.53. The molecule has 0 spiro atoms. The minimum Gasteiger partial charge on any atom is -0.356 e. The number of aromatic nitrogens is 2. The van der Waals surface area contributed by atoms with E-state index in [-0.39, 0.29) is 5.91 Å². The van der Waals surface area contributed by atoms with Crippen LogP contribution in [0.15, 0.2) is 30.6 Å². The van der Waals surface area contributed by atoms with Gasteiger partial charge in [0.15, 0.2) is 0 Å². The van der Waals surface area contributed by atoms with Gasteiger partial charge in [-0.2, -0.15) is 5.10 Å². The van der Waals surface area contributed by atoms with E-state index in [1.54, 1.807) is 6.92 Å². The lowest BCUT2D eigenvalue weighted by molar-refractivity contribution is -0.119. The summed E-state index contributed by atoms with van der Waals surface area (Å²) in [5.74, 6) is 0.608. The van der Waals surface area contributed by atoms with Crippen LogP contribution in [0.25, 0.3) is 5.69 Å². The van der Waals surface area contributed by atoms with Gasteiger partial charge >= 0.3 is 0 Å². The molecule has 1 aromatic carbocycles. The Labute approximate surface area is 143 Å². The molecule has 1 saturated heterocycles. The molecule has 128 valence electrons. The molecular formula is C19H26N4O. The Morgan fingerprint density at radius 2 is 2.21 bits per heavy atom. The van der Waals surface area contributed by atoms with E-state index in [0.29, 0.717) is 5.92 Å². The van der Waals surface area contributed by atoms with E-state index >= 15 is 0 Å². The molecule has 1 N–H and O–H groups in total. The lowest BCUT2D eigenvalue weighted by Crippen LogP contribution is -2.29. The number of hydrogen-bond donors (Lipinski definition) is 1. The van der Waals surface area contributed by atoms with Crippen molar-refractivity contribution in [2.45, 2.75) is 33.7 Å². The molecule has 5 nitrogen and oxygen atoms in total. The second kappa shape index (κ2) is 7.18. The van der Waals surface area contributed by atoms with Gasteiger partial charge in [0.1, 0.15) is 0 Å². The molecule has 1 aliphatic rings. The van der Waals surface area contributed by atoms with Crippen LogP contribution in [0.3, 0.4) is 0 Å². The number of nitrogens with zero attached hydrogens (tertiary/aromatic N) is 3. The topological polar surface area (TPSA) is 50.2 Å². The van der Waals surface area contributed by atoms with Crippen molar-refractivity contribution in [1.29, 1.82) is 0 Å².